The van der Waals surface area contributed by atoms with Crippen molar-refractivity contribution in [1.82, 2.24) is 5.32 Å². The summed E-state index contributed by atoms with van der Waals surface area (Å²) in [6.45, 7) is 2.83. The maximum absolute atomic E-state index is 12.0. The van der Waals surface area contributed by atoms with Gasteiger partial charge < -0.3 is 11.1 Å². The number of amides is 1. The minimum Gasteiger partial charge on any atom is -0.352 e. The number of nitrogens with two attached hydrogens (primary N) is 1. The summed E-state index contributed by atoms with van der Waals surface area (Å²) in [6.07, 6.45) is 15.9. The SMILES string of the molecule is CCCCCCCCCC(=O)NC(CN)C1CCCCC1. The fourth-order valence-corrected chi connectivity index (χ4v) is 3.43. The normalized spacial score (nSPS) is 17.6. The molecule has 0 aromatic heterocycles. The van der Waals surface area contributed by atoms with Gasteiger partial charge in [0, 0.05) is 19.0 Å². The first-order valence-electron chi connectivity index (χ1n) is 9.27. The van der Waals surface area contributed by atoms with Crippen LogP contribution in [0.4, 0.5) is 0 Å². The van der Waals surface area contributed by atoms with Gasteiger partial charge in [0.15, 0.2) is 0 Å². The third-order valence-corrected chi connectivity index (χ3v) is 4.83. The highest BCUT2D eigenvalue weighted by molar-refractivity contribution is 5.76. The lowest BCUT2D eigenvalue weighted by Crippen LogP contribution is -2.45. The number of nitrogens with one attached hydrogen (secondary N) is 1. The average molecular weight is 296 g/mol. The molecule has 1 aliphatic rings. The minimum atomic E-state index is 0.211. The van der Waals surface area contributed by atoms with Crippen molar-refractivity contribution in [3.05, 3.63) is 0 Å². The summed E-state index contributed by atoms with van der Waals surface area (Å²) in [5.74, 6) is 0.825. The second-order valence-electron chi connectivity index (χ2n) is 6.68. The van der Waals surface area contributed by atoms with E-state index in [9.17, 15) is 4.79 Å². The first kappa shape index (κ1) is 18.5. The summed E-state index contributed by atoms with van der Waals surface area (Å²) in [6, 6.07) is 0.211. The zero-order chi connectivity index (χ0) is 15.3. The fourth-order valence-electron chi connectivity index (χ4n) is 3.43. The Hall–Kier alpha value is -0.570. The van der Waals surface area contributed by atoms with Crippen LogP contribution in [0.15, 0.2) is 0 Å². The monoisotopic (exact) mass is 296 g/mol. The Morgan fingerprint density at radius 1 is 1.05 bits per heavy atom. The first-order valence-corrected chi connectivity index (χ1v) is 9.27. The molecule has 124 valence electrons. The molecule has 1 aliphatic carbocycles. The summed E-state index contributed by atoms with van der Waals surface area (Å²) in [5.41, 5.74) is 5.86. The van der Waals surface area contributed by atoms with E-state index in [-0.39, 0.29) is 11.9 Å². The maximum Gasteiger partial charge on any atom is 0.220 e. The number of carbonyl (C=O) groups excluding carboxylic acids is 1. The summed E-state index contributed by atoms with van der Waals surface area (Å²) in [7, 11) is 0. The predicted molar refractivity (Wildman–Crippen MR) is 90.2 cm³/mol. The van der Waals surface area contributed by atoms with Crippen LogP contribution in [0.2, 0.25) is 0 Å². The number of hydrogen-bond donors (Lipinski definition) is 2. The molecule has 1 saturated carbocycles. The average Bonchev–Trinajstić information content (AvgIpc) is 2.52. The maximum atomic E-state index is 12.0. The predicted octanol–water partition coefficient (Wildman–Crippen LogP) is 4.15. The fraction of sp³-hybridized carbons (Fsp3) is 0.944. The van der Waals surface area contributed by atoms with Gasteiger partial charge in [-0.25, -0.2) is 0 Å². The second-order valence-corrected chi connectivity index (χ2v) is 6.68. The van der Waals surface area contributed by atoms with Gasteiger partial charge in [-0.05, 0) is 25.2 Å². The molecule has 0 aliphatic heterocycles. The van der Waals surface area contributed by atoms with Crippen molar-refractivity contribution < 1.29 is 4.79 Å². The lowest BCUT2D eigenvalue weighted by atomic mass is 9.84. The second kappa shape index (κ2) is 12.0. The Morgan fingerprint density at radius 3 is 2.29 bits per heavy atom. The molecule has 3 N–H and O–H groups in total. The third kappa shape index (κ3) is 8.45. The zero-order valence-corrected chi connectivity index (χ0v) is 14.0. The topological polar surface area (TPSA) is 55.1 Å². The Balaban J connectivity index is 2.07. The molecular weight excluding hydrogens is 260 g/mol. The van der Waals surface area contributed by atoms with Crippen LogP contribution in [0.1, 0.15) is 90.4 Å². The number of unbranched alkanes of at least 4 members (excludes halogenated alkanes) is 6. The van der Waals surface area contributed by atoms with Crippen molar-refractivity contribution in [1.29, 1.82) is 0 Å². The molecule has 0 heterocycles. The van der Waals surface area contributed by atoms with Crippen LogP contribution in [-0.4, -0.2) is 18.5 Å². The van der Waals surface area contributed by atoms with Crippen molar-refractivity contribution in [3.63, 3.8) is 0 Å². The third-order valence-electron chi connectivity index (χ3n) is 4.83. The van der Waals surface area contributed by atoms with Gasteiger partial charge in [0.1, 0.15) is 0 Å². The van der Waals surface area contributed by atoms with Crippen molar-refractivity contribution in [2.45, 2.75) is 96.4 Å². The molecule has 1 unspecified atom stereocenters. The molecule has 0 saturated heterocycles. The van der Waals surface area contributed by atoms with Gasteiger partial charge in [0.05, 0.1) is 0 Å². The van der Waals surface area contributed by atoms with Crippen LogP contribution in [0.25, 0.3) is 0 Å². The van der Waals surface area contributed by atoms with Gasteiger partial charge in [-0.15, -0.1) is 0 Å². The molecule has 1 rings (SSSR count). The van der Waals surface area contributed by atoms with Gasteiger partial charge in [-0.2, -0.15) is 0 Å². The van der Waals surface area contributed by atoms with E-state index in [1.807, 2.05) is 0 Å². The van der Waals surface area contributed by atoms with E-state index >= 15 is 0 Å². The molecule has 1 fully saturated rings. The van der Waals surface area contributed by atoms with E-state index < -0.39 is 0 Å². The Bertz CT molecular complexity index is 262. The summed E-state index contributed by atoms with van der Waals surface area (Å²) in [4.78, 5) is 12.0. The summed E-state index contributed by atoms with van der Waals surface area (Å²) in [5, 5.41) is 3.18. The van der Waals surface area contributed by atoms with E-state index in [0.717, 1.165) is 6.42 Å². The molecule has 1 amide bonds. The van der Waals surface area contributed by atoms with Gasteiger partial charge >= 0.3 is 0 Å². The highest BCUT2D eigenvalue weighted by Crippen LogP contribution is 2.26. The van der Waals surface area contributed by atoms with Crippen molar-refractivity contribution in [2.24, 2.45) is 11.7 Å². The molecule has 3 heteroatoms. The van der Waals surface area contributed by atoms with Crippen molar-refractivity contribution >= 4 is 5.91 Å². The molecule has 0 aromatic rings. The summed E-state index contributed by atoms with van der Waals surface area (Å²) < 4.78 is 0. The van der Waals surface area contributed by atoms with Crippen LogP contribution in [-0.2, 0) is 4.79 Å². The minimum absolute atomic E-state index is 0.211. The molecule has 0 spiro atoms. The van der Waals surface area contributed by atoms with Crippen LogP contribution >= 0.6 is 0 Å². The van der Waals surface area contributed by atoms with E-state index in [4.69, 9.17) is 5.73 Å². The Labute approximate surface area is 131 Å². The molecule has 1 atom stereocenters. The quantitative estimate of drug-likeness (QED) is 0.563. The van der Waals surface area contributed by atoms with Crippen LogP contribution in [0.5, 0.6) is 0 Å². The van der Waals surface area contributed by atoms with Crippen LogP contribution in [0.3, 0.4) is 0 Å². The molecule has 0 radical (unpaired) electrons. The molecule has 0 bridgehead atoms. The van der Waals surface area contributed by atoms with Gasteiger partial charge in [0.25, 0.3) is 0 Å². The van der Waals surface area contributed by atoms with Gasteiger partial charge in [0.2, 0.25) is 5.91 Å². The van der Waals surface area contributed by atoms with E-state index in [1.165, 1.54) is 70.6 Å². The number of rotatable bonds is 11. The molecular formula is C18H36N2O. The van der Waals surface area contributed by atoms with E-state index in [2.05, 4.69) is 12.2 Å². The Morgan fingerprint density at radius 2 is 1.67 bits per heavy atom. The highest BCUT2D eigenvalue weighted by atomic mass is 16.1. The van der Waals surface area contributed by atoms with Crippen molar-refractivity contribution in [2.75, 3.05) is 6.54 Å². The number of carbonyl (C=O) groups is 1. The van der Waals surface area contributed by atoms with Crippen LogP contribution in [0, 0.1) is 5.92 Å². The Kier molecular flexibility index (Phi) is 10.6. The van der Waals surface area contributed by atoms with Gasteiger partial charge in [-0.3, -0.25) is 4.79 Å². The lowest BCUT2D eigenvalue weighted by Gasteiger charge is -2.30. The van der Waals surface area contributed by atoms with E-state index in [0.29, 0.717) is 18.9 Å². The number of hydrogen-bond acceptors (Lipinski definition) is 2. The van der Waals surface area contributed by atoms with Crippen molar-refractivity contribution in [3.8, 4) is 0 Å². The molecule has 0 aromatic carbocycles. The molecule has 21 heavy (non-hydrogen) atoms. The lowest BCUT2D eigenvalue weighted by molar-refractivity contribution is -0.122. The largest absolute Gasteiger partial charge is 0.352 e. The summed E-state index contributed by atoms with van der Waals surface area (Å²) >= 11 is 0. The molecule has 3 nitrogen and oxygen atoms in total. The smallest absolute Gasteiger partial charge is 0.220 e. The zero-order valence-electron chi connectivity index (χ0n) is 14.0. The van der Waals surface area contributed by atoms with Gasteiger partial charge in [-0.1, -0.05) is 64.7 Å². The first-order chi connectivity index (χ1) is 10.3. The van der Waals surface area contributed by atoms with E-state index in [1.54, 1.807) is 0 Å². The van der Waals surface area contributed by atoms with Crippen LogP contribution < -0.4 is 11.1 Å². The standard InChI is InChI=1S/C18H36N2O/c1-2-3-4-5-6-7-11-14-18(21)20-17(15-19)16-12-9-8-10-13-16/h16-17H,2-15,19H2,1H3,(H,20,21). The highest BCUT2D eigenvalue weighted by Gasteiger charge is 2.23.